The predicted octanol–water partition coefficient (Wildman–Crippen LogP) is 1.36. The van der Waals surface area contributed by atoms with Crippen LogP contribution in [0, 0.1) is 0 Å². The number of hydrogen-bond donors (Lipinski definition) is 3. The molecule has 164 valence electrons. The largest absolute Gasteiger partial charge is 0.497 e. The van der Waals surface area contributed by atoms with E-state index in [1.165, 1.54) is 12.0 Å². The van der Waals surface area contributed by atoms with Gasteiger partial charge in [-0.25, -0.2) is 9.59 Å². The van der Waals surface area contributed by atoms with E-state index in [4.69, 9.17) is 4.74 Å². The molecule has 3 N–H and O–H groups in total. The van der Waals surface area contributed by atoms with Gasteiger partial charge < -0.3 is 25.2 Å². The number of fused-ring (bicyclic) bond motifs is 2. The summed E-state index contributed by atoms with van der Waals surface area (Å²) in [5, 5.41) is 7.83. The summed E-state index contributed by atoms with van der Waals surface area (Å²) in [6, 6.07) is 9.62. The van der Waals surface area contributed by atoms with Gasteiger partial charge in [-0.3, -0.25) is 14.9 Å². The minimum Gasteiger partial charge on any atom is -0.497 e. The van der Waals surface area contributed by atoms with Gasteiger partial charge in [0.05, 0.1) is 13.7 Å². The van der Waals surface area contributed by atoms with Crippen molar-refractivity contribution in [2.75, 3.05) is 26.0 Å². The van der Waals surface area contributed by atoms with Crippen molar-refractivity contribution >= 4 is 29.6 Å². The van der Waals surface area contributed by atoms with E-state index >= 15 is 0 Å². The average molecular weight is 435 g/mol. The molecule has 3 aliphatic rings. The summed E-state index contributed by atoms with van der Waals surface area (Å²) >= 11 is 0. The van der Waals surface area contributed by atoms with Crippen molar-refractivity contribution in [3.63, 3.8) is 0 Å². The van der Waals surface area contributed by atoms with Gasteiger partial charge in [-0.05, 0) is 41.0 Å². The van der Waals surface area contributed by atoms with Crippen LogP contribution in [0.5, 0.6) is 5.75 Å². The Labute approximate surface area is 183 Å². The molecule has 10 heteroatoms. The number of imide groups is 1. The number of amides is 6. The first-order chi connectivity index (χ1) is 15.3. The first kappa shape index (κ1) is 19.9. The summed E-state index contributed by atoms with van der Waals surface area (Å²) in [5.74, 6) is -0.199. The predicted molar refractivity (Wildman–Crippen MR) is 113 cm³/mol. The number of rotatable bonds is 4. The molecule has 0 radical (unpaired) electrons. The number of anilines is 1. The molecule has 0 spiro atoms. The summed E-state index contributed by atoms with van der Waals surface area (Å²) in [4.78, 5) is 53.3. The van der Waals surface area contributed by atoms with Gasteiger partial charge >= 0.3 is 12.1 Å². The number of hydrogen-bond acceptors (Lipinski definition) is 5. The van der Waals surface area contributed by atoms with Crippen LogP contribution in [0.4, 0.5) is 15.3 Å². The van der Waals surface area contributed by atoms with E-state index in [1.54, 1.807) is 42.3 Å². The zero-order chi connectivity index (χ0) is 22.6. The lowest BCUT2D eigenvalue weighted by molar-refractivity contribution is -0.124. The number of ether oxygens (including phenoxy) is 1. The molecule has 1 atom stereocenters. The minimum atomic E-state index is -1.45. The molecule has 1 fully saturated rings. The molecule has 3 aliphatic heterocycles. The first-order valence-electron chi connectivity index (χ1n) is 10.1. The number of carbonyl (C=O) groups excluding carboxylic acids is 4. The number of nitrogens with one attached hydrogen (secondary N) is 3. The maximum Gasteiger partial charge on any atom is 0.322 e. The van der Waals surface area contributed by atoms with Gasteiger partial charge in [-0.1, -0.05) is 12.1 Å². The van der Waals surface area contributed by atoms with E-state index in [-0.39, 0.29) is 18.5 Å². The lowest BCUT2D eigenvalue weighted by Crippen LogP contribution is -2.52. The van der Waals surface area contributed by atoms with Crippen LogP contribution < -0.4 is 20.7 Å². The fraction of sp³-hybridized carbons (Fsp3) is 0.273. The van der Waals surface area contributed by atoms with Crippen molar-refractivity contribution in [3.8, 4) is 5.75 Å². The summed E-state index contributed by atoms with van der Waals surface area (Å²) in [6.45, 7) is 0.628. The maximum atomic E-state index is 13.1. The van der Waals surface area contributed by atoms with Crippen molar-refractivity contribution in [2.24, 2.45) is 0 Å². The Hall–Kier alpha value is -4.08. The minimum absolute atomic E-state index is 0.0403. The third kappa shape index (κ3) is 2.95. The fourth-order valence-corrected chi connectivity index (χ4v) is 4.43. The standard InChI is InChI=1S/C22H21N5O5/c1-26-9-13-7-14(4-6-17(13)23-21(26)31)22(19(29)24-20(30)25-22)11-27-10-12-3-5-15(32-2)8-16(12)18(27)28/h3-8H,9-11H2,1-2H3,(H,23,31)(H2,24,25,29,30)/t22-/m0/s1. The SMILES string of the molecule is COc1ccc2c(c1)C(=O)N(C[C@@]1(c3ccc4c(c3)CN(C)C(=O)N4)NC(=O)NC1=O)C2. The van der Waals surface area contributed by atoms with Gasteiger partial charge in [0, 0.05) is 31.4 Å². The van der Waals surface area contributed by atoms with Gasteiger partial charge in [-0.15, -0.1) is 0 Å². The summed E-state index contributed by atoms with van der Waals surface area (Å²) in [5.41, 5.74) is 1.87. The van der Waals surface area contributed by atoms with Crippen LogP contribution in [0.25, 0.3) is 0 Å². The van der Waals surface area contributed by atoms with E-state index in [1.807, 2.05) is 6.07 Å². The van der Waals surface area contributed by atoms with Crippen molar-refractivity contribution < 1.29 is 23.9 Å². The molecular weight excluding hydrogens is 414 g/mol. The van der Waals surface area contributed by atoms with E-state index in [0.717, 1.165) is 11.1 Å². The second-order valence-electron chi connectivity index (χ2n) is 8.16. The normalized spacial score (nSPS) is 21.7. The Balaban J connectivity index is 1.51. The number of methoxy groups -OCH3 is 1. The highest BCUT2D eigenvalue weighted by Crippen LogP contribution is 2.34. The molecule has 0 unspecified atom stereocenters. The Morgan fingerprint density at radius 3 is 2.53 bits per heavy atom. The summed E-state index contributed by atoms with van der Waals surface area (Å²) in [6.07, 6.45) is 0. The lowest BCUT2D eigenvalue weighted by atomic mass is 9.87. The van der Waals surface area contributed by atoms with Crippen molar-refractivity contribution in [3.05, 3.63) is 58.7 Å². The Bertz CT molecular complexity index is 1200. The fourth-order valence-electron chi connectivity index (χ4n) is 4.43. The Morgan fingerprint density at radius 2 is 1.81 bits per heavy atom. The quantitative estimate of drug-likeness (QED) is 0.627. The molecule has 0 aromatic heterocycles. The molecule has 0 aliphatic carbocycles. The van der Waals surface area contributed by atoms with Crippen LogP contribution in [-0.2, 0) is 23.4 Å². The van der Waals surface area contributed by atoms with Crippen LogP contribution in [0.2, 0.25) is 0 Å². The molecule has 10 nitrogen and oxygen atoms in total. The Kier molecular flexibility index (Phi) is 4.33. The second-order valence-corrected chi connectivity index (χ2v) is 8.16. The third-order valence-corrected chi connectivity index (χ3v) is 6.16. The van der Waals surface area contributed by atoms with Gasteiger partial charge in [0.2, 0.25) is 0 Å². The van der Waals surface area contributed by atoms with Gasteiger partial charge in [0.25, 0.3) is 11.8 Å². The molecular formula is C22H21N5O5. The number of nitrogens with zero attached hydrogens (tertiary/aromatic N) is 2. The smallest absolute Gasteiger partial charge is 0.322 e. The highest BCUT2D eigenvalue weighted by molar-refractivity contribution is 6.08. The van der Waals surface area contributed by atoms with E-state index in [2.05, 4.69) is 16.0 Å². The number of urea groups is 2. The molecule has 3 heterocycles. The van der Waals surface area contributed by atoms with E-state index in [9.17, 15) is 19.2 Å². The van der Waals surface area contributed by atoms with Crippen molar-refractivity contribution in [1.29, 1.82) is 0 Å². The zero-order valence-corrected chi connectivity index (χ0v) is 17.5. The number of carbonyl (C=O) groups is 4. The summed E-state index contributed by atoms with van der Waals surface area (Å²) < 4.78 is 5.22. The topological polar surface area (TPSA) is 120 Å². The van der Waals surface area contributed by atoms with Crippen LogP contribution in [0.3, 0.4) is 0 Å². The van der Waals surface area contributed by atoms with Crippen LogP contribution in [0.1, 0.15) is 27.0 Å². The molecule has 2 aromatic carbocycles. The maximum absolute atomic E-state index is 13.1. The van der Waals surface area contributed by atoms with Crippen LogP contribution in [-0.4, -0.2) is 54.4 Å². The highest BCUT2D eigenvalue weighted by atomic mass is 16.5. The van der Waals surface area contributed by atoms with E-state index < -0.39 is 17.5 Å². The molecule has 2 aromatic rings. The first-order valence-corrected chi connectivity index (χ1v) is 10.1. The molecule has 0 bridgehead atoms. The van der Waals surface area contributed by atoms with Gasteiger partial charge in [0.15, 0.2) is 5.54 Å². The van der Waals surface area contributed by atoms with Crippen molar-refractivity contribution in [2.45, 2.75) is 18.6 Å². The molecule has 0 saturated carbocycles. The number of benzene rings is 2. The van der Waals surface area contributed by atoms with Gasteiger partial charge in [0.1, 0.15) is 5.75 Å². The molecule has 32 heavy (non-hydrogen) atoms. The molecule has 1 saturated heterocycles. The summed E-state index contributed by atoms with van der Waals surface area (Å²) in [7, 11) is 3.20. The lowest BCUT2D eigenvalue weighted by Gasteiger charge is -2.33. The Morgan fingerprint density at radius 1 is 1.00 bits per heavy atom. The van der Waals surface area contributed by atoms with Crippen molar-refractivity contribution in [1.82, 2.24) is 20.4 Å². The average Bonchev–Trinajstić information content (AvgIpc) is 3.23. The van der Waals surface area contributed by atoms with Crippen LogP contribution >= 0.6 is 0 Å². The van der Waals surface area contributed by atoms with Gasteiger partial charge in [-0.2, -0.15) is 0 Å². The monoisotopic (exact) mass is 435 g/mol. The zero-order valence-electron chi connectivity index (χ0n) is 17.5. The molecule has 5 rings (SSSR count). The van der Waals surface area contributed by atoms with Crippen LogP contribution in [0.15, 0.2) is 36.4 Å². The second kappa shape index (κ2) is 6.98. The van der Waals surface area contributed by atoms with E-state index in [0.29, 0.717) is 35.7 Å². The third-order valence-electron chi connectivity index (χ3n) is 6.16. The molecule has 6 amide bonds. The highest BCUT2D eigenvalue weighted by Gasteiger charge is 2.50.